The summed E-state index contributed by atoms with van der Waals surface area (Å²) in [5.74, 6) is 0.0770. The average Bonchev–Trinajstić information content (AvgIpc) is 3.18. The molecule has 3 heterocycles. The van der Waals surface area contributed by atoms with E-state index in [1.807, 2.05) is 35.0 Å². The molecule has 0 saturated heterocycles. The number of carbonyl (C=O) groups excluding carboxylic acids is 1. The number of aryl methyl sites for hydroxylation is 1. The first kappa shape index (κ1) is 20.9. The molecular formula is C26H31N5O. The molecule has 3 aromatic rings. The van der Waals surface area contributed by atoms with Crippen molar-refractivity contribution in [3.63, 3.8) is 0 Å². The molecule has 2 aromatic heterocycles. The molecule has 32 heavy (non-hydrogen) atoms. The highest BCUT2D eigenvalue weighted by Gasteiger charge is 2.32. The van der Waals surface area contributed by atoms with Crippen molar-refractivity contribution in [1.29, 1.82) is 0 Å². The van der Waals surface area contributed by atoms with Gasteiger partial charge in [0, 0.05) is 62.3 Å². The van der Waals surface area contributed by atoms with Crippen LogP contribution in [0.15, 0.2) is 48.7 Å². The van der Waals surface area contributed by atoms with Crippen molar-refractivity contribution in [2.75, 3.05) is 20.1 Å². The summed E-state index contributed by atoms with van der Waals surface area (Å²) in [7, 11) is 4.17. The fraction of sp³-hybridized carbons (Fsp3) is 0.423. The lowest BCUT2D eigenvalue weighted by molar-refractivity contribution is 0.0726. The molecule has 1 atom stereocenters. The third-order valence-electron chi connectivity index (χ3n) is 7.12. The van der Waals surface area contributed by atoms with Crippen molar-refractivity contribution in [3.05, 3.63) is 82.4 Å². The minimum atomic E-state index is 0.0770. The first-order chi connectivity index (χ1) is 15.6. The Morgan fingerprint density at radius 2 is 1.94 bits per heavy atom. The minimum absolute atomic E-state index is 0.0770. The van der Waals surface area contributed by atoms with E-state index >= 15 is 0 Å². The van der Waals surface area contributed by atoms with E-state index in [1.54, 1.807) is 0 Å². The van der Waals surface area contributed by atoms with Gasteiger partial charge in [-0.3, -0.25) is 14.5 Å². The predicted molar refractivity (Wildman–Crippen MR) is 124 cm³/mol. The van der Waals surface area contributed by atoms with Crippen molar-refractivity contribution in [2.45, 2.75) is 44.7 Å². The SMILES string of the molecule is CN(CCc1ccccn1)C1CCc2c(c(C(=O)N3CCc4ccccc4C3)nn2C)C1. The molecule has 5 rings (SSSR count). The van der Waals surface area contributed by atoms with Gasteiger partial charge >= 0.3 is 0 Å². The molecule has 0 bridgehead atoms. The van der Waals surface area contributed by atoms with E-state index in [4.69, 9.17) is 5.10 Å². The van der Waals surface area contributed by atoms with Crippen LogP contribution in [0.2, 0.25) is 0 Å². The smallest absolute Gasteiger partial charge is 0.274 e. The molecule has 6 nitrogen and oxygen atoms in total. The molecule has 0 fully saturated rings. The van der Waals surface area contributed by atoms with Gasteiger partial charge in [-0.2, -0.15) is 5.10 Å². The van der Waals surface area contributed by atoms with Crippen LogP contribution in [0.1, 0.15) is 45.0 Å². The Kier molecular flexibility index (Phi) is 5.79. The highest BCUT2D eigenvalue weighted by molar-refractivity contribution is 5.94. The van der Waals surface area contributed by atoms with Crippen LogP contribution in [0.3, 0.4) is 0 Å². The summed E-state index contributed by atoms with van der Waals surface area (Å²) in [4.78, 5) is 22.4. The van der Waals surface area contributed by atoms with Crippen molar-refractivity contribution < 1.29 is 4.79 Å². The lowest BCUT2D eigenvalue weighted by atomic mass is 9.90. The molecule has 166 valence electrons. The summed E-state index contributed by atoms with van der Waals surface area (Å²) in [6.07, 6.45) is 6.65. The van der Waals surface area contributed by atoms with Crippen LogP contribution in [0.4, 0.5) is 0 Å². The van der Waals surface area contributed by atoms with Crippen LogP contribution in [0.5, 0.6) is 0 Å². The maximum atomic E-state index is 13.5. The number of amides is 1. The quantitative estimate of drug-likeness (QED) is 0.626. The number of hydrogen-bond donors (Lipinski definition) is 0. The number of likely N-dealkylation sites (N-methyl/N-ethyl adjacent to an activating group) is 1. The molecule has 0 spiro atoms. The summed E-state index contributed by atoms with van der Waals surface area (Å²) in [5, 5.41) is 4.71. The zero-order valence-corrected chi connectivity index (χ0v) is 19.0. The van der Waals surface area contributed by atoms with E-state index in [2.05, 4.69) is 47.3 Å². The fourth-order valence-electron chi connectivity index (χ4n) is 5.16. The number of pyridine rings is 1. The second kappa shape index (κ2) is 8.87. The summed E-state index contributed by atoms with van der Waals surface area (Å²) >= 11 is 0. The number of benzene rings is 1. The van der Waals surface area contributed by atoms with E-state index in [9.17, 15) is 4.79 Å². The van der Waals surface area contributed by atoms with Gasteiger partial charge in [0.05, 0.1) is 0 Å². The lowest BCUT2D eigenvalue weighted by Crippen LogP contribution is -2.39. The molecular weight excluding hydrogens is 398 g/mol. The van der Waals surface area contributed by atoms with E-state index in [0.717, 1.165) is 56.5 Å². The second-order valence-corrected chi connectivity index (χ2v) is 9.09. The predicted octanol–water partition coefficient (Wildman–Crippen LogP) is 3.05. The van der Waals surface area contributed by atoms with E-state index < -0.39 is 0 Å². The van der Waals surface area contributed by atoms with E-state index in [1.165, 1.54) is 16.8 Å². The summed E-state index contributed by atoms with van der Waals surface area (Å²) in [6.45, 7) is 2.39. The second-order valence-electron chi connectivity index (χ2n) is 9.09. The van der Waals surface area contributed by atoms with Crippen molar-refractivity contribution in [1.82, 2.24) is 24.6 Å². The highest BCUT2D eigenvalue weighted by atomic mass is 16.2. The van der Waals surface area contributed by atoms with Gasteiger partial charge in [-0.1, -0.05) is 30.3 Å². The van der Waals surface area contributed by atoms with Crippen LogP contribution in [0.25, 0.3) is 0 Å². The van der Waals surface area contributed by atoms with Gasteiger partial charge in [-0.05, 0) is 56.0 Å². The number of hydrogen-bond acceptors (Lipinski definition) is 4. The number of rotatable bonds is 5. The summed E-state index contributed by atoms with van der Waals surface area (Å²) in [6, 6.07) is 14.9. The van der Waals surface area contributed by atoms with Crippen LogP contribution >= 0.6 is 0 Å². The summed E-state index contributed by atoms with van der Waals surface area (Å²) in [5.41, 5.74) is 6.76. The van der Waals surface area contributed by atoms with Crippen molar-refractivity contribution >= 4 is 5.91 Å². The maximum absolute atomic E-state index is 13.5. The number of fused-ring (bicyclic) bond motifs is 2. The van der Waals surface area contributed by atoms with Gasteiger partial charge in [0.1, 0.15) is 0 Å². The molecule has 1 aliphatic heterocycles. The van der Waals surface area contributed by atoms with Crippen molar-refractivity contribution in [2.24, 2.45) is 7.05 Å². The topological polar surface area (TPSA) is 54.3 Å². The van der Waals surface area contributed by atoms with Gasteiger partial charge in [0.15, 0.2) is 5.69 Å². The third kappa shape index (κ3) is 4.07. The normalized spacial score (nSPS) is 17.8. The Hall–Kier alpha value is -2.99. The Labute approximate surface area is 189 Å². The zero-order valence-electron chi connectivity index (χ0n) is 19.0. The molecule has 1 aliphatic carbocycles. The molecule has 6 heteroatoms. The average molecular weight is 430 g/mol. The molecule has 1 amide bonds. The van der Waals surface area contributed by atoms with Gasteiger partial charge in [0.25, 0.3) is 5.91 Å². The molecule has 2 aliphatic rings. The zero-order chi connectivity index (χ0) is 22.1. The van der Waals surface area contributed by atoms with Gasteiger partial charge in [-0.15, -0.1) is 0 Å². The Balaban J connectivity index is 1.30. The monoisotopic (exact) mass is 429 g/mol. The van der Waals surface area contributed by atoms with Gasteiger partial charge < -0.3 is 9.80 Å². The molecule has 0 radical (unpaired) electrons. The Morgan fingerprint density at radius 3 is 2.75 bits per heavy atom. The molecule has 1 aromatic carbocycles. The minimum Gasteiger partial charge on any atom is -0.333 e. The number of nitrogens with zero attached hydrogens (tertiary/aromatic N) is 5. The van der Waals surface area contributed by atoms with E-state index in [0.29, 0.717) is 18.3 Å². The third-order valence-corrected chi connectivity index (χ3v) is 7.12. The van der Waals surface area contributed by atoms with Crippen LogP contribution < -0.4 is 0 Å². The first-order valence-electron chi connectivity index (χ1n) is 11.6. The Bertz CT molecular complexity index is 1110. The largest absolute Gasteiger partial charge is 0.333 e. The molecule has 0 saturated carbocycles. The highest BCUT2D eigenvalue weighted by Crippen LogP contribution is 2.29. The fourth-order valence-corrected chi connectivity index (χ4v) is 5.16. The molecule has 0 N–H and O–H groups in total. The Morgan fingerprint density at radius 1 is 1.12 bits per heavy atom. The number of carbonyl (C=O) groups is 1. The summed E-state index contributed by atoms with van der Waals surface area (Å²) < 4.78 is 1.94. The van der Waals surface area contributed by atoms with Crippen LogP contribution in [0, 0.1) is 0 Å². The van der Waals surface area contributed by atoms with Crippen LogP contribution in [-0.2, 0) is 39.3 Å². The maximum Gasteiger partial charge on any atom is 0.274 e. The van der Waals surface area contributed by atoms with E-state index in [-0.39, 0.29) is 5.91 Å². The van der Waals surface area contributed by atoms with Gasteiger partial charge in [-0.25, -0.2) is 0 Å². The molecule has 1 unspecified atom stereocenters. The van der Waals surface area contributed by atoms with Gasteiger partial charge in [0.2, 0.25) is 0 Å². The standard InChI is InChI=1S/C26H31N5O/c1-29(15-13-21-9-5-6-14-27-21)22-10-11-24-23(17-22)25(28-30(24)2)26(32)31-16-12-19-7-3-4-8-20(19)18-31/h3-9,14,22H,10-13,15-18H2,1-2H3. The number of aromatic nitrogens is 3. The van der Waals surface area contributed by atoms with Crippen LogP contribution in [-0.4, -0.2) is 56.7 Å². The lowest BCUT2D eigenvalue weighted by Gasteiger charge is -2.32. The first-order valence-corrected chi connectivity index (χ1v) is 11.6. The van der Waals surface area contributed by atoms with Crippen molar-refractivity contribution in [3.8, 4) is 0 Å².